The number of pyridine rings is 1. The SMILES string of the molecule is CC(C)=NNc1cccc2c(=O)[nH]ccc12. The highest BCUT2D eigenvalue weighted by molar-refractivity contribution is 5.93. The van der Waals surface area contributed by atoms with E-state index in [2.05, 4.69) is 15.5 Å². The van der Waals surface area contributed by atoms with Gasteiger partial charge in [0.15, 0.2) is 0 Å². The number of hydrazone groups is 1. The average Bonchev–Trinajstić information content (AvgIpc) is 2.27. The molecule has 0 unspecified atom stereocenters. The lowest BCUT2D eigenvalue weighted by atomic mass is 10.1. The van der Waals surface area contributed by atoms with Gasteiger partial charge < -0.3 is 4.98 Å². The number of rotatable bonds is 2. The van der Waals surface area contributed by atoms with Gasteiger partial charge >= 0.3 is 0 Å². The summed E-state index contributed by atoms with van der Waals surface area (Å²) in [7, 11) is 0. The van der Waals surface area contributed by atoms with Crippen molar-refractivity contribution in [3.63, 3.8) is 0 Å². The topological polar surface area (TPSA) is 57.2 Å². The highest BCUT2D eigenvalue weighted by Crippen LogP contribution is 2.19. The molecule has 2 aromatic rings. The standard InChI is InChI=1S/C12H13N3O/c1-8(2)14-15-11-5-3-4-10-9(11)6-7-13-12(10)16/h3-7,15H,1-2H3,(H,13,16). The van der Waals surface area contributed by atoms with Gasteiger partial charge in [0.2, 0.25) is 0 Å². The molecule has 0 fully saturated rings. The molecular weight excluding hydrogens is 202 g/mol. The Bertz CT molecular complexity index is 594. The highest BCUT2D eigenvalue weighted by Gasteiger charge is 2.01. The molecule has 0 spiro atoms. The third kappa shape index (κ3) is 1.95. The van der Waals surface area contributed by atoms with E-state index in [0.717, 1.165) is 16.8 Å². The van der Waals surface area contributed by atoms with Gasteiger partial charge in [-0.1, -0.05) is 6.07 Å². The van der Waals surface area contributed by atoms with Crippen LogP contribution in [0.25, 0.3) is 10.8 Å². The Labute approximate surface area is 93.0 Å². The number of H-pyrrole nitrogens is 1. The van der Waals surface area contributed by atoms with E-state index in [1.54, 1.807) is 12.3 Å². The zero-order valence-corrected chi connectivity index (χ0v) is 9.24. The van der Waals surface area contributed by atoms with Crippen LogP contribution in [0.15, 0.2) is 40.4 Å². The molecule has 82 valence electrons. The van der Waals surface area contributed by atoms with Gasteiger partial charge in [0.25, 0.3) is 5.56 Å². The molecular formula is C12H13N3O. The zero-order valence-electron chi connectivity index (χ0n) is 9.24. The minimum atomic E-state index is -0.0849. The first kappa shape index (κ1) is 10.4. The summed E-state index contributed by atoms with van der Waals surface area (Å²) in [6.07, 6.45) is 1.64. The number of aromatic amines is 1. The molecule has 0 saturated carbocycles. The van der Waals surface area contributed by atoms with Crippen LogP contribution < -0.4 is 11.0 Å². The largest absolute Gasteiger partial charge is 0.329 e. The Morgan fingerprint density at radius 1 is 1.25 bits per heavy atom. The van der Waals surface area contributed by atoms with Crippen molar-refractivity contribution >= 4 is 22.2 Å². The van der Waals surface area contributed by atoms with E-state index >= 15 is 0 Å². The van der Waals surface area contributed by atoms with Crippen molar-refractivity contribution in [2.75, 3.05) is 5.43 Å². The van der Waals surface area contributed by atoms with Gasteiger partial charge in [-0.15, -0.1) is 0 Å². The smallest absolute Gasteiger partial charge is 0.255 e. The maximum Gasteiger partial charge on any atom is 0.255 e. The number of anilines is 1. The molecule has 0 aliphatic heterocycles. The van der Waals surface area contributed by atoms with Gasteiger partial charge in [-0.2, -0.15) is 5.10 Å². The van der Waals surface area contributed by atoms with E-state index in [1.165, 1.54) is 0 Å². The number of hydrogen-bond acceptors (Lipinski definition) is 3. The van der Waals surface area contributed by atoms with Gasteiger partial charge in [0.1, 0.15) is 0 Å². The summed E-state index contributed by atoms with van der Waals surface area (Å²) in [6.45, 7) is 3.82. The lowest BCUT2D eigenvalue weighted by Crippen LogP contribution is -2.05. The van der Waals surface area contributed by atoms with Gasteiger partial charge in [-0.05, 0) is 32.0 Å². The van der Waals surface area contributed by atoms with E-state index in [4.69, 9.17) is 0 Å². The van der Waals surface area contributed by atoms with Crippen LogP contribution in [0.4, 0.5) is 5.69 Å². The second-order valence-electron chi connectivity index (χ2n) is 3.74. The molecule has 0 atom stereocenters. The molecule has 0 bridgehead atoms. The van der Waals surface area contributed by atoms with E-state index in [1.807, 2.05) is 32.0 Å². The number of benzene rings is 1. The molecule has 16 heavy (non-hydrogen) atoms. The number of nitrogens with zero attached hydrogens (tertiary/aromatic N) is 1. The predicted octanol–water partition coefficient (Wildman–Crippen LogP) is 2.34. The average molecular weight is 215 g/mol. The minimum absolute atomic E-state index is 0.0849. The first-order valence-electron chi connectivity index (χ1n) is 5.06. The molecule has 0 aliphatic carbocycles. The second kappa shape index (κ2) is 4.18. The summed E-state index contributed by atoms with van der Waals surface area (Å²) in [6, 6.07) is 7.38. The van der Waals surface area contributed by atoms with Crippen LogP contribution in [0.3, 0.4) is 0 Å². The molecule has 2 N–H and O–H groups in total. The van der Waals surface area contributed by atoms with Crippen LogP contribution in [-0.2, 0) is 0 Å². The van der Waals surface area contributed by atoms with Crippen molar-refractivity contribution in [1.82, 2.24) is 4.98 Å². The van der Waals surface area contributed by atoms with Crippen molar-refractivity contribution in [2.24, 2.45) is 5.10 Å². The lowest BCUT2D eigenvalue weighted by Gasteiger charge is -2.05. The molecule has 0 amide bonds. The van der Waals surface area contributed by atoms with Crippen molar-refractivity contribution in [1.29, 1.82) is 0 Å². The summed E-state index contributed by atoms with van der Waals surface area (Å²) in [5.74, 6) is 0. The van der Waals surface area contributed by atoms with Crippen molar-refractivity contribution < 1.29 is 0 Å². The van der Waals surface area contributed by atoms with E-state index in [0.29, 0.717) is 5.39 Å². The predicted molar refractivity (Wildman–Crippen MR) is 67.0 cm³/mol. The molecule has 4 nitrogen and oxygen atoms in total. The van der Waals surface area contributed by atoms with Gasteiger partial charge in [-0.3, -0.25) is 10.2 Å². The molecule has 1 aromatic carbocycles. The van der Waals surface area contributed by atoms with Crippen LogP contribution >= 0.6 is 0 Å². The molecule has 0 saturated heterocycles. The van der Waals surface area contributed by atoms with Crippen LogP contribution in [0.2, 0.25) is 0 Å². The van der Waals surface area contributed by atoms with Gasteiger partial charge in [-0.25, -0.2) is 0 Å². The van der Waals surface area contributed by atoms with Crippen molar-refractivity contribution in [3.8, 4) is 0 Å². The monoisotopic (exact) mass is 215 g/mol. The fourth-order valence-corrected chi connectivity index (χ4v) is 1.49. The fourth-order valence-electron chi connectivity index (χ4n) is 1.49. The molecule has 0 aliphatic rings. The highest BCUT2D eigenvalue weighted by atomic mass is 16.1. The van der Waals surface area contributed by atoms with E-state index in [-0.39, 0.29) is 5.56 Å². The quantitative estimate of drug-likeness (QED) is 0.596. The fraction of sp³-hybridized carbons (Fsp3) is 0.167. The van der Waals surface area contributed by atoms with E-state index < -0.39 is 0 Å². The summed E-state index contributed by atoms with van der Waals surface area (Å²) in [4.78, 5) is 14.2. The van der Waals surface area contributed by atoms with Crippen molar-refractivity contribution in [3.05, 3.63) is 40.8 Å². The van der Waals surface area contributed by atoms with Crippen LogP contribution in [0.1, 0.15) is 13.8 Å². The summed E-state index contributed by atoms with van der Waals surface area (Å²) >= 11 is 0. The number of hydrogen-bond donors (Lipinski definition) is 2. The minimum Gasteiger partial charge on any atom is -0.329 e. The third-order valence-electron chi connectivity index (χ3n) is 2.22. The van der Waals surface area contributed by atoms with Crippen LogP contribution in [-0.4, -0.2) is 10.7 Å². The zero-order chi connectivity index (χ0) is 11.5. The summed E-state index contributed by atoms with van der Waals surface area (Å²) in [5, 5.41) is 5.66. The molecule has 0 radical (unpaired) electrons. The Hall–Kier alpha value is -2.10. The maximum atomic E-state index is 11.5. The number of fused-ring (bicyclic) bond motifs is 1. The maximum absolute atomic E-state index is 11.5. The van der Waals surface area contributed by atoms with Crippen molar-refractivity contribution in [2.45, 2.75) is 13.8 Å². The Balaban J connectivity index is 2.58. The molecule has 1 aromatic heterocycles. The normalized spacial score (nSPS) is 10.1. The Morgan fingerprint density at radius 3 is 2.81 bits per heavy atom. The van der Waals surface area contributed by atoms with E-state index in [9.17, 15) is 4.79 Å². The lowest BCUT2D eigenvalue weighted by molar-refractivity contribution is 1.27. The number of nitrogens with one attached hydrogen (secondary N) is 2. The van der Waals surface area contributed by atoms with Gasteiger partial charge in [0.05, 0.1) is 5.69 Å². The number of aromatic nitrogens is 1. The van der Waals surface area contributed by atoms with Crippen LogP contribution in [0.5, 0.6) is 0 Å². The summed E-state index contributed by atoms with van der Waals surface area (Å²) in [5.41, 5.74) is 4.63. The molecule has 4 heteroatoms. The van der Waals surface area contributed by atoms with Gasteiger partial charge in [0, 0.05) is 22.7 Å². The Kier molecular flexibility index (Phi) is 2.72. The third-order valence-corrected chi connectivity index (χ3v) is 2.22. The Morgan fingerprint density at radius 2 is 2.06 bits per heavy atom. The molecule has 1 heterocycles. The molecule has 2 rings (SSSR count). The first-order valence-corrected chi connectivity index (χ1v) is 5.06. The second-order valence-corrected chi connectivity index (χ2v) is 3.74. The van der Waals surface area contributed by atoms with Crippen LogP contribution in [0, 0.1) is 0 Å². The summed E-state index contributed by atoms with van der Waals surface area (Å²) < 4.78 is 0. The first-order chi connectivity index (χ1) is 7.68.